The normalized spacial score (nSPS) is 19.8. The maximum absolute atomic E-state index is 5.66. The molecule has 5 heteroatoms. The molecule has 5 nitrogen and oxygen atoms in total. The smallest absolute Gasteiger partial charge is 0.117 e. The summed E-state index contributed by atoms with van der Waals surface area (Å²) in [4.78, 5) is 7.62. The van der Waals surface area contributed by atoms with Gasteiger partial charge in [0.2, 0.25) is 0 Å². The summed E-state index contributed by atoms with van der Waals surface area (Å²) in [6.07, 6.45) is 4.86. The lowest BCUT2D eigenvalue weighted by atomic mass is 10.1. The fourth-order valence-electron chi connectivity index (χ4n) is 4.43. The molecule has 0 N–H and O–H groups in total. The first kappa shape index (κ1) is 17.7. The SMILES string of the molecule is c1ccc(CCc2nc(C3CCOC3)n3c2CN(Cc2ccco2)CC3)cc1. The van der Waals surface area contributed by atoms with Crippen LogP contribution in [0.4, 0.5) is 0 Å². The monoisotopic (exact) mass is 377 g/mol. The molecule has 146 valence electrons. The van der Waals surface area contributed by atoms with E-state index >= 15 is 0 Å². The van der Waals surface area contributed by atoms with Crippen molar-refractivity contribution in [2.45, 2.75) is 44.8 Å². The van der Waals surface area contributed by atoms with Crippen molar-refractivity contribution in [3.8, 4) is 0 Å². The summed E-state index contributed by atoms with van der Waals surface area (Å²) in [6, 6.07) is 14.7. The number of hydrogen-bond donors (Lipinski definition) is 0. The van der Waals surface area contributed by atoms with E-state index in [2.05, 4.69) is 45.9 Å². The van der Waals surface area contributed by atoms with Crippen molar-refractivity contribution in [1.29, 1.82) is 0 Å². The second-order valence-corrected chi connectivity index (χ2v) is 7.85. The summed E-state index contributed by atoms with van der Waals surface area (Å²) in [7, 11) is 0. The zero-order valence-corrected chi connectivity index (χ0v) is 16.2. The van der Waals surface area contributed by atoms with Gasteiger partial charge in [-0.05, 0) is 37.0 Å². The van der Waals surface area contributed by atoms with E-state index in [-0.39, 0.29) is 0 Å². The number of aryl methyl sites for hydroxylation is 2. The molecule has 4 heterocycles. The molecule has 0 radical (unpaired) electrons. The van der Waals surface area contributed by atoms with E-state index in [1.54, 1.807) is 6.26 Å². The topological polar surface area (TPSA) is 43.4 Å². The van der Waals surface area contributed by atoms with E-state index in [0.717, 1.165) is 64.4 Å². The number of aromatic nitrogens is 2. The average molecular weight is 377 g/mol. The minimum absolute atomic E-state index is 0.445. The zero-order valence-electron chi connectivity index (χ0n) is 16.2. The molecule has 2 aliphatic heterocycles. The Morgan fingerprint density at radius 2 is 1.96 bits per heavy atom. The van der Waals surface area contributed by atoms with Crippen LogP contribution < -0.4 is 0 Å². The van der Waals surface area contributed by atoms with Crippen molar-refractivity contribution < 1.29 is 9.15 Å². The summed E-state index contributed by atoms with van der Waals surface area (Å²) in [5.74, 6) is 2.72. The minimum Gasteiger partial charge on any atom is -0.468 e. The third kappa shape index (κ3) is 3.64. The van der Waals surface area contributed by atoms with Gasteiger partial charge >= 0.3 is 0 Å². The number of furan rings is 1. The van der Waals surface area contributed by atoms with Gasteiger partial charge in [0.1, 0.15) is 11.6 Å². The third-order valence-electron chi connectivity index (χ3n) is 5.95. The molecule has 3 aromatic rings. The predicted molar refractivity (Wildman–Crippen MR) is 107 cm³/mol. The maximum Gasteiger partial charge on any atom is 0.117 e. The molecule has 1 aromatic carbocycles. The predicted octanol–water partition coefficient (Wildman–Crippen LogP) is 3.78. The van der Waals surface area contributed by atoms with Crippen LogP contribution in [0.3, 0.4) is 0 Å². The van der Waals surface area contributed by atoms with Crippen LogP contribution in [0.15, 0.2) is 53.1 Å². The largest absolute Gasteiger partial charge is 0.468 e. The third-order valence-corrected chi connectivity index (χ3v) is 5.95. The minimum atomic E-state index is 0.445. The van der Waals surface area contributed by atoms with Gasteiger partial charge in [0.05, 0.1) is 30.8 Å². The van der Waals surface area contributed by atoms with Crippen LogP contribution in [0.2, 0.25) is 0 Å². The first-order valence-electron chi connectivity index (χ1n) is 10.3. The molecule has 0 amide bonds. The average Bonchev–Trinajstić information content (AvgIpc) is 3.48. The zero-order chi connectivity index (χ0) is 18.8. The van der Waals surface area contributed by atoms with E-state index in [0.29, 0.717) is 5.92 Å². The van der Waals surface area contributed by atoms with Crippen molar-refractivity contribution in [1.82, 2.24) is 14.5 Å². The van der Waals surface area contributed by atoms with Gasteiger partial charge in [0.15, 0.2) is 0 Å². The molecule has 1 saturated heterocycles. The van der Waals surface area contributed by atoms with Crippen LogP contribution in [0.25, 0.3) is 0 Å². The van der Waals surface area contributed by atoms with Crippen molar-refractivity contribution in [3.05, 3.63) is 77.3 Å². The Balaban J connectivity index is 1.39. The Morgan fingerprint density at radius 1 is 1.04 bits per heavy atom. The van der Waals surface area contributed by atoms with Gasteiger partial charge in [-0.2, -0.15) is 0 Å². The van der Waals surface area contributed by atoms with Crippen molar-refractivity contribution in [2.75, 3.05) is 19.8 Å². The first-order valence-corrected chi connectivity index (χ1v) is 10.3. The second-order valence-electron chi connectivity index (χ2n) is 7.85. The Bertz CT molecular complexity index is 896. The lowest BCUT2D eigenvalue weighted by Gasteiger charge is -2.29. The van der Waals surface area contributed by atoms with Crippen LogP contribution >= 0.6 is 0 Å². The number of fused-ring (bicyclic) bond motifs is 1. The molecule has 0 spiro atoms. The van der Waals surface area contributed by atoms with Crippen LogP contribution in [0.5, 0.6) is 0 Å². The Hall–Kier alpha value is -2.37. The molecule has 1 atom stereocenters. The summed E-state index contributed by atoms with van der Waals surface area (Å²) < 4.78 is 13.7. The van der Waals surface area contributed by atoms with Gasteiger partial charge in [-0.3, -0.25) is 4.90 Å². The number of imidazole rings is 1. The van der Waals surface area contributed by atoms with Gasteiger partial charge < -0.3 is 13.7 Å². The Kier molecular flexibility index (Phi) is 5.02. The van der Waals surface area contributed by atoms with Crippen LogP contribution in [0, 0.1) is 0 Å². The highest BCUT2D eigenvalue weighted by atomic mass is 16.5. The summed E-state index contributed by atoms with van der Waals surface area (Å²) in [5.41, 5.74) is 4.02. The van der Waals surface area contributed by atoms with Crippen LogP contribution in [-0.4, -0.2) is 34.2 Å². The van der Waals surface area contributed by atoms with Gasteiger partial charge in [0, 0.05) is 32.2 Å². The number of rotatable bonds is 6. The molecule has 0 bridgehead atoms. The number of nitrogens with zero attached hydrogens (tertiary/aromatic N) is 3. The first-order chi connectivity index (χ1) is 13.9. The standard InChI is InChI=1S/C23H27N3O2/c1-2-5-18(6-3-1)8-9-21-22-16-25(15-20-7-4-13-28-20)11-12-26(22)23(24-21)19-10-14-27-17-19/h1-7,13,19H,8-12,14-17H2. The van der Waals surface area contributed by atoms with E-state index < -0.39 is 0 Å². The highest BCUT2D eigenvalue weighted by molar-refractivity contribution is 5.24. The lowest BCUT2D eigenvalue weighted by Crippen LogP contribution is -2.34. The number of benzene rings is 1. The molecule has 5 rings (SSSR count). The van der Waals surface area contributed by atoms with Gasteiger partial charge in [-0.1, -0.05) is 30.3 Å². The molecule has 2 aliphatic rings. The molecule has 0 saturated carbocycles. The second kappa shape index (κ2) is 7.94. The highest BCUT2D eigenvalue weighted by Crippen LogP contribution is 2.30. The highest BCUT2D eigenvalue weighted by Gasteiger charge is 2.29. The molecule has 0 aliphatic carbocycles. The van der Waals surface area contributed by atoms with Gasteiger partial charge in [0.25, 0.3) is 0 Å². The number of hydrogen-bond acceptors (Lipinski definition) is 4. The van der Waals surface area contributed by atoms with Crippen LogP contribution in [-0.2, 0) is 37.2 Å². The maximum atomic E-state index is 5.66. The molecule has 28 heavy (non-hydrogen) atoms. The fourth-order valence-corrected chi connectivity index (χ4v) is 4.43. The van der Waals surface area contributed by atoms with E-state index in [1.165, 1.54) is 22.8 Å². The lowest BCUT2D eigenvalue weighted by molar-refractivity contribution is 0.186. The quantitative estimate of drug-likeness (QED) is 0.656. The van der Waals surface area contributed by atoms with Gasteiger partial charge in [-0.25, -0.2) is 4.98 Å². The summed E-state index contributed by atoms with van der Waals surface area (Å²) in [6.45, 7) is 5.49. The molecule has 1 unspecified atom stereocenters. The summed E-state index contributed by atoms with van der Waals surface area (Å²) in [5, 5.41) is 0. The fraction of sp³-hybridized carbons (Fsp3) is 0.435. The molecule has 1 fully saturated rings. The molecule has 2 aromatic heterocycles. The summed E-state index contributed by atoms with van der Waals surface area (Å²) >= 11 is 0. The Labute approximate surface area is 165 Å². The van der Waals surface area contributed by atoms with Crippen molar-refractivity contribution in [2.24, 2.45) is 0 Å². The van der Waals surface area contributed by atoms with Gasteiger partial charge in [-0.15, -0.1) is 0 Å². The van der Waals surface area contributed by atoms with Crippen molar-refractivity contribution >= 4 is 0 Å². The van der Waals surface area contributed by atoms with Crippen molar-refractivity contribution in [3.63, 3.8) is 0 Å². The van der Waals surface area contributed by atoms with Crippen LogP contribution in [0.1, 0.15) is 40.9 Å². The van der Waals surface area contributed by atoms with E-state index in [1.807, 2.05) is 6.07 Å². The number of ether oxygens (including phenoxy) is 1. The molecular weight excluding hydrogens is 350 g/mol. The molecular formula is C23H27N3O2. The van der Waals surface area contributed by atoms with E-state index in [9.17, 15) is 0 Å². The Morgan fingerprint density at radius 3 is 2.75 bits per heavy atom. The van der Waals surface area contributed by atoms with E-state index in [4.69, 9.17) is 14.1 Å².